The standard InChI is InChI=1S/C17H21NO/c1-14(11-12-15-7-3-2-4-8-15)18-17-10-6-5-9-16(17)13-19/h2-10,14,18-19H,11-13H2,1H3. The van der Waals surface area contributed by atoms with Gasteiger partial charge < -0.3 is 10.4 Å². The van der Waals surface area contributed by atoms with E-state index < -0.39 is 0 Å². The third kappa shape index (κ3) is 4.11. The van der Waals surface area contributed by atoms with Gasteiger partial charge in [-0.15, -0.1) is 0 Å². The molecule has 0 aromatic heterocycles. The van der Waals surface area contributed by atoms with Gasteiger partial charge in [0, 0.05) is 17.3 Å². The molecule has 2 rings (SSSR count). The van der Waals surface area contributed by atoms with E-state index in [1.54, 1.807) is 0 Å². The lowest BCUT2D eigenvalue weighted by molar-refractivity contribution is 0.282. The Kier molecular flexibility index (Phi) is 4.99. The van der Waals surface area contributed by atoms with Crippen LogP contribution >= 0.6 is 0 Å². The van der Waals surface area contributed by atoms with E-state index in [9.17, 15) is 5.11 Å². The highest BCUT2D eigenvalue weighted by Gasteiger charge is 2.05. The second kappa shape index (κ2) is 6.95. The number of nitrogens with one attached hydrogen (secondary N) is 1. The summed E-state index contributed by atoms with van der Waals surface area (Å²) in [6.45, 7) is 2.26. The minimum Gasteiger partial charge on any atom is -0.392 e. The summed E-state index contributed by atoms with van der Waals surface area (Å²) in [4.78, 5) is 0. The normalized spacial score (nSPS) is 12.1. The molecule has 2 N–H and O–H groups in total. The molecule has 1 unspecified atom stereocenters. The van der Waals surface area contributed by atoms with Crippen molar-refractivity contribution in [2.45, 2.75) is 32.4 Å². The summed E-state index contributed by atoms with van der Waals surface area (Å²) < 4.78 is 0. The second-order valence-corrected chi connectivity index (χ2v) is 4.88. The van der Waals surface area contributed by atoms with Crippen molar-refractivity contribution >= 4 is 5.69 Å². The van der Waals surface area contributed by atoms with E-state index in [-0.39, 0.29) is 6.61 Å². The topological polar surface area (TPSA) is 32.3 Å². The molecule has 0 saturated carbocycles. The molecule has 0 saturated heterocycles. The van der Waals surface area contributed by atoms with Gasteiger partial charge in [0.1, 0.15) is 0 Å². The first kappa shape index (κ1) is 13.6. The summed E-state index contributed by atoms with van der Waals surface area (Å²) in [5, 5.41) is 12.8. The van der Waals surface area contributed by atoms with Crippen molar-refractivity contribution in [2.24, 2.45) is 0 Å². The van der Waals surface area contributed by atoms with Crippen molar-refractivity contribution < 1.29 is 5.11 Å². The molecule has 19 heavy (non-hydrogen) atoms. The van der Waals surface area contributed by atoms with Gasteiger partial charge in [0.2, 0.25) is 0 Å². The maximum Gasteiger partial charge on any atom is 0.0701 e. The lowest BCUT2D eigenvalue weighted by Gasteiger charge is -2.17. The molecule has 0 aliphatic carbocycles. The fourth-order valence-electron chi connectivity index (χ4n) is 2.16. The number of benzene rings is 2. The quantitative estimate of drug-likeness (QED) is 0.826. The highest BCUT2D eigenvalue weighted by Crippen LogP contribution is 2.17. The third-order valence-corrected chi connectivity index (χ3v) is 3.30. The molecule has 2 nitrogen and oxygen atoms in total. The lowest BCUT2D eigenvalue weighted by atomic mass is 10.1. The number of aliphatic hydroxyl groups excluding tert-OH is 1. The lowest BCUT2D eigenvalue weighted by Crippen LogP contribution is -2.17. The van der Waals surface area contributed by atoms with Crippen LogP contribution in [0.3, 0.4) is 0 Å². The Morgan fingerprint density at radius 3 is 2.42 bits per heavy atom. The molecular weight excluding hydrogens is 234 g/mol. The van der Waals surface area contributed by atoms with E-state index in [0.717, 1.165) is 24.1 Å². The average Bonchev–Trinajstić information content (AvgIpc) is 2.47. The number of hydrogen-bond acceptors (Lipinski definition) is 2. The largest absolute Gasteiger partial charge is 0.392 e. The van der Waals surface area contributed by atoms with Gasteiger partial charge in [-0.2, -0.15) is 0 Å². The van der Waals surface area contributed by atoms with Crippen LogP contribution in [0.25, 0.3) is 0 Å². The maximum atomic E-state index is 9.30. The molecule has 0 spiro atoms. The summed E-state index contributed by atoms with van der Waals surface area (Å²) >= 11 is 0. The van der Waals surface area contributed by atoms with Gasteiger partial charge in [-0.25, -0.2) is 0 Å². The molecule has 2 aromatic rings. The molecule has 0 fully saturated rings. The molecule has 0 radical (unpaired) electrons. The summed E-state index contributed by atoms with van der Waals surface area (Å²) in [5.41, 5.74) is 3.35. The zero-order chi connectivity index (χ0) is 13.5. The van der Waals surface area contributed by atoms with Gasteiger partial charge in [-0.1, -0.05) is 48.5 Å². The van der Waals surface area contributed by atoms with Crippen LogP contribution in [0, 0.1) is 0 Å². The Morgan fingerprint density at radius 2 is 1.68 bits per heavy atom. The van der Waals surface area contributed by atoms with E-state index in [1.165, 1.54) is 5.56 Å². The zero-order valence-electron chi connectivity index (χ0n) is 11.3. The number of rotatable bonds is 6. The molecule has 2 aromatic carbocycles. The molecule has 0 bridgehead atoms. The minimum absolute atomic E-state index is 0.0780. The minimum atomic E-state index is 0.0780. The predicted octanol–water partition coefficient (Wildman–Crippen LogP) is 3.61. The number of para-hydroxylation sites is 1. The van der Waals surface area contributed by atoms with Crippen LogP contribution in [0.2, 0.25) is 0 Å². The predicted molar refractivity (Wildman–Crippen MR) is 80.2 cm³/mol. The molecule has 1 atom stereocenters. The van der Waals surface area contributed by atoms with Crippen LogP contribution in [-0.2, 0) is 13.0 Å². The Labute approximate surface area is 115 Å². The van der Waals surface area contributed by atoms with Crippen LogP contribution in [0.5, 0.6) is 0 Å². The monoisotopic (exact) mass is 255 g/mol. The van der Waals surface area contributed by atoms with Crippen LogP contribution in [-0.4, -0.2) is 11.1 Å². The van der Waals surface area contributed by atoms with Crippen molar-refractivity contribution in [1.29, 1.82) is 0 Å². The summed E-state index contributed by atoms with van der Waals surface area (Å²) in [7, 11) is 0. The van der Waals surface area contributed by atoms with Crippen molar-refractivity contribution in [1.82, 2.24) is 0 Å². The highest BCUT2D eigenvalue weighted by molar-refractivity contribution is 5.51. The van der Waals surface area contributed by atoms with Crippen molar-refractivity contribution in [3.05, 3.63) is 65.7 Å². The van der Waals surface area contributed by atoms with Crippen molar-refractivity contribution in [3.63, 3.8) is 0 Å². The Morgan fingerprint density at radius 1 is 1.00 bits per heavy atom. The highest BCUT2D eigenvalue weighted by atomic mass is 16.3. The number of hydrogen-bond donors (Lipinski definition) is 2. The fraction of sp³-hybridized carbons (Fsp3) is 0.294. The SMILES string of the molecule is CC(CCc1ccccc1)Nc1ccccc1CO. The fourth-order valence-corrected chi connectivity index (χ4v) is 2.16. The van der Waals surface area contributed by atoms with Crippen LogP contribution in [0.1, 0.15) is 24.5 Å². The summed E-state index contributed by atoms with van der Waals surface area (Å²) in [6.07, 6.45) is 2.14. The van der Waals surface area contributed by atoms with Gasteiger partial charge in [0.15, 0.2) is 0 Å². The number of aryl methyl sites for hydroxylation is 1. The van der Waals surface area contributed by atoms with Crippen molar-refractivity contribution in [3.8, 4) is 0 Å². The number of aliphatic hydroxyl groups is 1. The van der Waals surface area contributed by atoms with E-state index in [1.807, 2.05) is 30.3 Å². The Bertz CT molecular complexity index is 496. The van der Waals surface area contributed by atoms with Crippen LogP contribution in [0.4, 0.5) is 5.69 Å². The van der Waals surface area contributed by atoms with E-state index in [2.05, 4.69) is 36.5 Å². The molecule has 0 aliphatic heterocycles. The summed E-state index contributed by atoms with van der Waals surface area (Å²) in [5.74, 6) is 0. The van der Waals surface area contributed by atoms with Gasteiger partial charge in [0.05, 0.1) is 6.61 Å². The van der Waals surface area contributed by atoms with Crippen LogP contribution < -0.4 is 5.32 Å². The first-order valence-electron chi connectivity index (χ1n) is 6.79. The van der Waals surface area contributed by atoms with Crippen molar-refractivity contribution in [2.75, 3.05) is 5.32 Å². The van der Waals surface area contributed by atoms with E-state index in [0.29, 0.717) is 6.04 Å². The molecule has 2 heteroatoms. The maximum absolute atomic E-state index is 9.30. The van der Waals surface area contributed by atoms with Gasteiger partial charge in [-0.05, 0) is 31.4 Å². The van der Waals surface area contributed by atoms with E-state index >= 15 is 0 Å². The van der Waals surface area contributed by atoms with Gasteiger partial charge in [0.25, 0.3) is 0 Å². The zero-order valence-corrected chi connectivity index (χ0v) is 11.3. The third-order valence-electron chi connectivity index (χ3n) is 3.30. The van der Waals surface area contributed by atoms with Gasteiger partial charge in [-0.3, -0.25) is 0 Å². The number of anilines is 1. The molecular formula is C17H21NO. The second-order valence-electron chi connectivity index (χ2n) is 4.88. The van der Waals surface area contributed by atoms with E-state index in [4.69, 9.17) is 0 Å². The Hall–Kier alpha value is -1.80. The molecule has 0 heterocycles. The first-order chi connectivity index (χ1) is 9.29. The smallest absolute Gasteiger partial charge is 0.0701 e. The van der Waals surface area contributed by atoms with Gasteiger partial charge >= 0.3 is 0 Å². The van der Waals surface area contributed by atoms with Crippen LogP contribution in [0.15, 0.2) is 54.6 Å². The molecule has 0 amide bonds. The molecule has 0 aliphatic rings. The Balaban J connectivity index is 1.89. The summed E-state index contributed by atoms with van der Waals surface area (Å²) in [6, 6.07) is 18.8. The first-order valence-corrected chi connectivity index (χ1v) is 6.79. The average molecular weight is 255 g/mol. The molecule has 100 valence electrons.